The Bertz CT molecular complexity index is 1070. The van der Waals surface area contributed by atoms with Crippen LogP contribution in [-0.4, -0.2) is 43.2 Å². The number of carbonyl (C=O) groups excluding carboxylic acids is 1. The van der Waals surface area contributed by atoms with Crippen molar-refractivity contribution in [3.63, 3.8) is 0 Å². The van der Waals surface area contributed by atoms with E-state index in [1.165, 1.54) is 22.7 Å². The molecule has 0 N–H and O–H groups in total. The topological polar surface area (TPSA) is 73.0 Å². The van der Waals surface area contributed by atoms with Gasteiger partial charge < -0.3 is 4.90 Å². The number of hydrogen-bond donors (Lipinski definition) is 0. The number of amides is 1. The average Bonchev–Trinajstić information content (AvgIpc) is 2.93. The largest absolute Gasteiger partial charge is 0.341 e. The van der Waals surface area contributed by atoms with Crippen LogP contribution in [0.2, 0.25) is 0 Å². The molecule has 0 bridgehead atoms. The number of rotatable bonds is 3. The predicted molar refractivity (Wildman–Crippen MR) is 108 cm³/mol. The lowest BCUT2D eigenvalue weighted by Gasteiger charge is -2.20. The highest BCUT2D eigenvalue weighted by Gasteiger charge is 2.18. The van der Waals surface area contributed by atoms with Gasteiger partial charge in [0.1, 0.15) is 18.3 Å². The zero-order valence-electron chi connectivity index (χ0n) is 16.4. The third kappa shape index (κ3) is 3.44. The minimum atomic E-state index is -0.233. The second-order valence-electron chi connectivity index (χ2n) is 7.53. The Kier molecular flexibility index (Phi) is 4.98. The van der Waals surface area contributed by atoms with Crippen molar-refractivity contribution >= 4 is 16.9 Å². The van der Waals surface area contributed by atoms with E-state index in [1.54, 1.807) is 4.68 Å². The molecule has 1 aliphatic heterocycles. The van der Waals surface area contributed by atoms with Crippen LogP contribution in [0.4, 0.5) is 0 Å². The minimum Gasteiger partial charge on any atom is -0.341 e. The monoisotopic (exact) mass is 379 g/mol. The maximum absolute atomic E-state index is 12.9. The van der Waals surface area contributed by atoms with Crippen molar-refractivity contribution in [3.05, 3.63) is 52.2 Å². The van der Waals surface area contributed by atoms with Crippen molar-refractivity contribution in [3.8, 4) is 5.69 Å². The van der Waals surface area contributed by atoms with E-state index in [-0.39, 0.29) is 18.0 Å². The minimum absolute atomic E-state index is 0.0216. The Morgan fingerprint density at radius 2 is 1.82 bits per heavy atom. The van der Waals surface area contributed by atoms with E-state index in [0.29, 0.717) is 11.0 Å². The zero-order valence-corrected chi connectivity index (χ0v) is 16.4. The smallest absolute Gasteiger partial charge is 0.264 e. The van der Waals surface area contributed by atoms with Gasteiger partial charge in [-0.1, -0.05) is 18.9 Å². The summed E-state index contributed by atoms with van der Waals surface area (Å²) in [6.45, 7) is 5.66. The third-order valence-corrected chi connectivity index (χ3v) is 5.55. The first-order chi connectivity index (χ1) is 13.5. The molecule has 7 nitrogen and oxygen atoms in total. The highest BCUT2D eigenvalue weighted by Crippen LogP contribution is 2.17. The van der Waals surface area contributed by atoms with Crippen molar-refractivity contribution in [1.29, 1.82) is 0 Å². The maximum atomic E-state index is 12.9. The lowest BCUT2D eigenvalue weighted by molar-refractivity contribution is -0.131. The van der Waals surface area contributed by atoms with E-state index in [9.17, 15) is 9.59 Å². The van der Waals surface area contributed by atoms with Gasteiger partial charge in [0.05, 0.1) is 11.9 Å². The van der Waals surface area contributed by atoms with E-state index in [2.05, 4.69) is 17.0 Å². The summed E-state index contributed by atoms with van der Waals surface area (Å²) in [5.41, 5.74) is 3.48. The molecule has 1 aliphatic rings. The van der Waals surface area contributed by atoms with Gasteiger partial charge >= 0.3 is 0 Å². The lowest BCUT2D eigenvalue weighted by Crippen LogP contribution is -2.37. The highest BCUT2D eigenvalue weighted by molar-refractivity contribution is 5.78. The van der Waals surface area contributed by atoms with Gasteiger partial charge in [-0.05, 0) is 49.9 Å². The molecule has 28 heavy (non-hydrogen) atoms. The Morgan fingerprint density at radius 1 is 1.07 bits per heavy atom. The Labute approximate surface area is 163 Å². The van der Waals surface area contributed by atoms with Gasteiger partial charge in [-0.25, -0.2) is 9.67 Å². The molecule has 0 spiro atoms. The number of carbonyl (C=O) groups is 1. The standard InChI is InChI=1S/C21H25N5O2/c1-15-7-8-17(11-16(15)2)26-20-18(12-23-26)21(28)25(14-22-20)13-19(27)24-9-5-3-4-6-10-24/h7-8,11-12,14H,3-6,9-10,13H2,1-2H3. The summed E-state index contributed by atoms with van der Waals surface area (Å²) in [5.74, 6) is -0.0216. The predicted octanol–water partition coefficient (Wildman–Crippen LogP) is 2.60. The van der Waals surface area contributed by atoms with Gasteiger partial charge in [-0.3, -0.25) is 14.2 Å². The molecule has 4 rings (SSSR count). The molecule has 0 aliphatic carbocycles. The van der Waals surface area contributed by atoms with Crippen LogP contribution in [0.5, 0.6) is 0 Å². The molecule has 0 radical (unpaired) electrons. The van der Waals surface area contributed by atoms with Crippen LogP contribution < -0.4 is 5.56 Å². The highest BCUT2D eigenvalue weighted by atomic mass is 16.2. The van der Waals surface area contributed by atoms with Crippen LogP contribution in [-0.2, 0) is 11.3 Å². The summed E-state index contributed by atoms with van der Waals surface area (Å²) in [6.07, 6.45) is 7.37. The molecular weight excluding hydrogens is 354 g/mol. The third-order valence-electron chi connectivity index (χ3n) is 5.55. The summed E-state index contributed by atoms with van der Waals surface area (Å²) in [7, 11) is 0. The van der Waals surface area contributed by atoms with Crippen LogP contribution in [0.15, 0.2) is 35.5 Å². The van der Waals surface area contributed by atoms with Gasteiger partial charge in [0.15, 0.2) is 5.65 Å². The van der Waals surface area contributed by atoms with E-state index in [0.717, 1.165) is 50.0 Å². The Morgan fingerprint density at radius 3 is 2.54 bits per heavy atom. The van der Waals surface area contributed by atoms with Crippen molar-refractivity contribution in [1.82, 2.24) is 24.2 Å². The number of fused-ring (bicyclic) bond motifs is 1. The molecule has 0 atom stereocenters. The molecule has 0 unspecified atom stereocenters. The first-order valence-electron chi connectivity index (χ1n) is 9.83. The number of hydrogen-bond acceptors (Lipinski definition) is 4. The molecular formula is C21H25N5O2. The summed E-state index contributed by atoms with van der Waals surface area (Å²) in [4.78, 5) is 31.8. The summed E-state index contributed by atoms with van der Waals surface area (Å²) >= 11 is 0. The van der Waals surface area contributed by atoms with Gasteiger partial charge in [0.25, 0.3) is 5.56 Å². The molecule has 1 fully saturated rings. The summed E-state index contributed by atoms with van der Waals surface area (Å²) in [5, 5.41) is 4.79. The normalized spacial score (nSPS) is 15.0. The van der Waals surface area contributed by atoms with Crippen molar-refractivity contribution in [2.24, 2.45) is 0 Å². The van der Waals surface area contributed by atoms with Crippen LogP contribution in [0.25, 0.3) is 16.7 Å². The molecule has 1 saturated heterocycles. The van der Waals surface area contributed by atoms with Gasteiger partial charge in [0, 0.05) is 13.1 Å². The number of aromatic nitrogens is 4. The first kappa shape index (κ1) is 18.4. The second kappa shape index (κ2) is 7.58. The number of aryl methyl sites for hydroxylation is 2. The lowest BCUT2D eigenvalue weighted by atomic mass is 10.1. The van der Waals surface area contributed by atoms with Gasteiger partial charge in [-0.15, -0.1) is 0 Å². The molecule has 3 heterocycles. The molecule has 0 saturated carbocycles. The van der Waals surface area contributed by atoms with E-state index >= 15 is 0 Å². The van der Waals surface area contributed by atoms with Crippen LogP contribution >= 0.6 is 0 Å². The fourth-order valence-electron chi connectivity index (χ4n) is 3.67. The molecule has 3 aromatic rings. The Hall–Kier alpha value is -2.96. The number of likely N-dealkylation sites (tertiary alicyclic amines) is 1. The fourth-order valence-corrected chi connectivity index (χ4v) is 3.67. The Balaban J connectivity index is 1.64. The summed E-state index contributed by atoms with van der Waals surface area (Å²) in [6, 6.07) is 6.02. The van der Waals surface area contributed by atoms with Crippen molar-refractivity contribution in [2.75, 3.05) is 13.1 Å². The first-order valence-corrected chi connectivity index (χ1v) is 9.83. The summed E-state index contributed by atoms with van der Waals surface area (Å²) < 4.78 is 3.06. The maximum Gasteiger partial charge on any atom is 0.264 e. The van der Waals surface area contributed by atoms with E-state index in [4.69, 9.17) is 0 Å². The van der Waals surface area contributed by atoms with Crippen molar-refractivity contribution in [2.45, 2.75) is 46.1 Å². The van der Waals surface area contributed by atoms with Gasteiger partial charge in [0.2, 0.25) is 5.91 Å². The number of nitrogens with zero attached hydrogens (tertiary/aromatic N) is 5. The van der Waals surface area contributed by atoms with Crippen LogP contribution in [0.3, 0.4) is 0 Å². The average molecular weight is 379 g/mol. The van der Waals surface area contributed by atoms with E-state index in [1.807, 2.05) is 30.0 Å². The number of benzene rings is 1. The SMILES string of the molecule is Cc1ccc(-n2ncc3c(=O)n(CC(=O)N4CCCCCC4)cnc32)cc1C. The van der Waals surface area contributed by atoms with Crippen molar-refractivity contribution < 1.29 is 4.79 Å². The molecule has 7 heteroatoms. The molecule has 1 aromatic carbocycles. The van der Waals surface area contributed by atoms with Crippen LogP contribution in [0, 0.1) is 13.8 Å². The second-order valence-corrected chi connectivity index (χ2v) is 7.53. The quantitative estimate of drug-likeness (QED) is 0.701. The zero-order chi connectivity index (χ0) is 19.7. The molecule has 2 aromatic heterocycles. The van der Waals surface area contributed by atoms with E-state index < -0.39 is 0 Å². The van der Waals surface area contributed by atoms with Crippen LogP contribution in [0.1, 0.15) is 36.8 Å². The molecule has 1 amide bonds. The van der Waals surface area contributed by atoms with Gasteiger partial charge in [-0.2, -0.15) is 5.10 Å². The molecule has 146 valence electrons. The fraction of sp³-hybridized carbons (Fsp3) is 0.429.